The van der Waals surface area contributed by atoms with Crippen molar-refractivity contribution in [3.05, 3.63) is 54.0 Å². The molecule has 0 atom stereocenters. The minimum Gasteiger partial charge on any atom is -0.468 e. The molecule has 0 unspecified atom stereocenters. The zero-order chi connectivity index (χ0) is 15.1. The fourth-order valence-electron chi connectivity index (χ4n) is 2.04. The van der Waals surface area contributed by atoms with Crippen LogP contribution in [0.1, 0.15) is 17.7 Å². The lowest BCUT2D eigenvalue weighted by Crippen LogP contribution is -2.23. The van der Waals surface area contributed by atoms with Crippen molar-refractivity contribution in [1.29, 1.82) is 0 Å². The zero-order valence-corrected chi connectivity index (χ0v) is 12.2. The standard InChI is InChI=1S/C16H21N3O2/c1-19(12-15-6-3-9-21-15)8-7-16(20)18-14-5-2-4-13(10-14)11-17/h2-6,9-10H,7-8,11-12,17H2,1H3,(H,18,20). The molecule has 0 radical (unpaired) electrons. The molecule has 0 aliphatic carbocycles. The van der Waals surface area contributed by atoms with Crippen LogP contribution in [0.5, 0.6) is 0 Å². The van der Waals surface area contributed by atoms with Gasteiger partial charge in [-0.3, -0.25) is 9.69 Å². The van der Waals surface area contributed by atoms with Crippen LogP contribution in [-0.4, -0.2) is 24.4 Å². The van der Waals surface area contributed by atoms with Crippen LogP contribution in [0.25, 0.3) is 0 Å². The number of nitrogens with two attached hydrogens (primary N) is 1. The number of anilines is 1. The third-order valence-electron chi connectivity index (χ3n) is 3.17. The SMILES string of the molecule is CN(CCC(=O)Nc1cccc(CN)c1)Cc1ccco1. The maximum Gasteiger partial charge on any atom is 0.225 e. The monoisotopic (exact) mass is 287 g/mol. The van der Waals surface area contributed by atoms with Crippen LogP contribution in [0, 0.1) is 0 Å². The van der Waals surface area contributed by atoms with E-state index in [0.717, 1.165) is 17.0 Å². The molecule has 3 N–H and O–H groups in total. The van der Waals surface area contributed by atoms with Crippen LogP contribution in [0.3, 0.4) is 0 Å². The molecule has 5 heteroatoms. The number of hydrogen-bond donors (Lipinski definition) is 2. The van der Waals surface area contributed by atoms with Crippen molar-refractivity contribution in [1.82, 2.24) is 4.90 Å². The Kier molecular flexibility index (Phi) is 5.54. The molecular weight excluding hydrogens is 266 g/mol. The first-order valence-electron chi connectivity index (χ1n) is 6.97. The van der Waals surface area contributed by atoms with Crippen LogP contribution in [-0.2, 0) is 17.9 Å². The molecule has 1 aromatic heterocycles. The lowest BCUT2D eigenvalue weighted by Gasteiger charge is -2.14. The minimum absolute atomic E-state index is 0.00420. The highest BCUT2D eigenvalue weighted by Gasteiger charge is 2.07. The number of amides is 1. The Morgan fingerprint density at radius 3 is 2.90 bits per heavy atom. The number of nitrogens with one attached hydrogen (secondary N) is 1. The topological polar surface area (TPSA) is 71.5 Å². The summed E-state index contributed by atoms with van der Waals surface area (Å²) < 4.78 is 5.28. The first-order chi connectivity index (χ1) is 10.2. The second-order valence-corrected chi connectivity index (χ2v) is 5.02. The van der Waals surface area contributed by atoms with Gasteiger partial charge in [0.2, 0.25) is 5.91 Å². The zero-order valence-electron chi connectivity index (χ0n) is 12.2. The highest BCUT2D eigenvalue weighted by Crippen LogP contribution is 2.10. The van der Waals surface area contributed by atoms with E-state index in [-0.39, 0.29) is 5.91 Å². The average Bonchev–Trinajstić information content (AvgIpc) is 2.98. The molecule has 1 heterocycles. The average molecular weight is 287 g/mol. The van der Waals surface area contributed by atoms with Gasteiger partial charge in [0.05, 0.1) is 12.8 Å². The van der Waals surface area contributed by atoms with E-state index < -0.39 is 0 Å². The Labute approximate surface area is 124 Å². The fourth-order valence-corrected chi connectivity index (χ4v) is 2.04. The Morgan fingerprint density at radius 1 is 1.33 bits per heavy atom. The molecule has 0 bridgehead atoms. The van der Waals surface area contributed by atoms with E-state index in [2.05, 4.69) is 10.2 Å². The first-order valence-corrected chi connectivity index (χ1v) is 6.97. The second-order valence-electron chi connectivity index (χ2n) is 5.02. The molecule has 0 fully saturated rings. The molecule has 0 spiro atoms. The Bertz CT molecular complexity index is 567. The second kappa shape index (κ2) is 7.61. The molecule has 2 rings (SSSR count). The van der Waals surface area contributed by atoms with E-state index >= 15 is 0 Å². The normalized spacial score (nSPS) is 10.8. The summed E-state index contributed by atoms with van der Waals surface area (Å²) in [5.41, 5.74) is 7.38. The molecule has 1 aromatic carbocycles. The molecule has 0 saturated carbocycles. The quantitative estimate of drug-likeness (QED) is 0.819. The predicted octanol–water partition coefficient (Wildman–Crippen LogP) is 2.20. The number of hydrogen-bond acceptors (Lipinski definition) is 4. The summed E-state index contributed by atoms with van der Waals surface area (Å²) in [4.78, 5) is 14.0. The van der Waals surface area contributed by atoms with Crippen molar-refractivity contribution in [2.45, 2.75) is 19.5 Å². The van der Waals surface area contributed by atoms with E-state index in [1.807, 2.05) is 43.4 Å². The Morgan fingerprint density at radius 2 is 2.19 bits per heavy atom. The lowest BCUT2D eigenvalue weighted by molar-refractivity contribution is -0.116. The van der Waals surface area contributed by atoms with Gasteiger partial charge in [-0.1, -0.05) is 12.1 Å². The molecule has 5 nitrogen and oxygen atoms in total. The van der Waals surface area contributed by atoms with Crippen molar-refractivity contribution in [2.75, 3.05) is 18.9 Å². The first kappa shape index (κ1) is 15.3. The van der Waals surface area contributed by atoms with Gasteiger partial charge >= 0.3 is 0 Å². The molecule has 21 heavy (non-hydrogen) atoms. The molecular formula is C16H21N3O2. The summed E-state index contributed by atoms with van der Waals surface area (Å²) >= 11 is 0. The van der Waals surface area contributed by atoms with Crippen LogP contribution in [0.4, 0.5) is 5.69 Å². The van der Waals surface area contributed by atoms with E-state index in [0.29, 0.717) is 26.1 Å². The predicted molar refractivity (Wildman–Crippen MR) is 82.6 cm³/mol. The number of nitrogens with zero attached hydrogens (tertiary/aromatic N) is 1. The van der Waals surface area contributed by atoms with Gasteiger partial charge in [0.1, 0.15) is 5.76 Å². The number of carbonyl (C=O) groups excluding carboxylic acids is 1. The van der Waals surface area contributed by atoms with Gasteiger partial charge in [-0.25, -0.2) is 0 Å². The number of rotatable bonds is 7. The van der Waals surface area contributed by atoms with Crippen LogP contribution in [0.2, 0.25) is 0 Å². The van der Waals surface area contributed by atoms with E-state index in [1.54, 1.807) is 6.26 Å². The van der Waals surface area contributed by atoms with Gasteiger partial charge in [-0.2, -0.15) is 0 Å². The van der Waals surface area contributed by atoms with Gasteiger partial charge in [-0.05, 0) is 36.9 Å². The third kappa shape index (κ3) is 5.06. The van der Waals surface area contributed by atoms with Crippen molar-refractivity contribution in [2.24, 2.45) is 5.73 Å². The van der Waals surface area contributed by atoms with Crippen molar-refractivity contribution >= 4 is 11.6 Å². The summed E-state index contributed by atoms with van der Waals surface area (Å²) in [5.74, 6) is 0.893. The third-order valence-corrected chi connectivity index (χ3v) is 3.17. The molecule has 0 aliphatic heterocycles. The number of benzene rings is 1. The minimum atomic E-state index is -0.00420. The molecule has 0 aliphatic rings. The van der Waals surface area contributed by atoms with Crippen LogP contribution in [0.15, 0.2) is 47.1 Å². The van der Waals surface area contributed by atoms with Crippen molar-refractivity contribution in [3.63, 3.8) is 0 Å². The van der Waals surface area contributed by atoms with Crippen LogP contribution < -0.4 is 11.1 Å². The summed E-state index contributed by atoms with van der Waals surface area (Å²) in [6.07, 6.45) is 2.09. The van der Waals surface area contributed by atoms with E-state index in [9.17, 15) is 4.79 Å². The van der Waals surface area contributed by atoms with E-state index in [1.165, 1.54) is 0 Å². The Hall–Kier alpha value is -2.11. The molecule has 2 aromatic rings. The van der Waals surface area contributed by atoms with Gasteiger partial charge in [-0.15, -0.1) is 0 Å². The van der Waals surface area contributed by atoms with Gasteiger partial charge in [0, 0.05) is 25.2 Å². The largest absolute Gasteiger partial charge is 0.468 e. The maximum atomic E-state index is 11.9. The van der Waals surface area contributed by atoms with E-state index in [4.69, 9.17) is 10.2 Å². The summed E-state index contributed by atoms with van der Waals surface area (Å²) in [5, 5.41) is 2.89. The molecule has 112 valence electrons. The highest BCUT2D eigenvalue weighted by molar-refractivity contribution is 5.90. The van der Waals surface area contributed by atoms with Gasteiger partial charge in [0.25, 0.3) is 0 Å². The highest BCUT2D eigenvalue weighted by atomic mass is 16.3. The van der Waals surface area contributed by atoms with Crippen LogP contribution >= 0.6 is 0 Å². The maximum absolute atomic E-state index is 11.9. The fraction of sp³-hybridized carbons (Fsp3) is 0.312. The summed E-state index contributed by atoms with van der Waals surface area (Å²) in [6.45, 7) is 1.83. The number of furan rings is 1. The molecule has 0 saturated heterocycles. The molecule has 1 amide bonds. The summed E-state index contributed by atoms with van der Waals surface area (Å²) in [7, 11) is 1.96. The van der Waals surface area contributed by atoms with Gasteiger partial charge in [0.15, 0.2) is 0 Å². The smallest absolute Gasteiger partial charge is 0.225 e. The van der Waals surface area contributed by atoms with Crippen molar-refractivity contribution in [3.8, 4) is 0 Å². The number of carbonyl (C=O) groups is 1. The summed E-state index contributed by atoms with van der Waals surface area (Å²) in [6, 6.07) is 11.4. The van der Waals surface area contributed by atoms with Gasteiger partial charge < -0.3 is 15.5 Å². The Balaban J connectivity index is 1.76. The lowest BCUT2D eigenvalue weighted by atomic mass is 10.2. The van der Waals surface area contributed by atoms with Crippen molar-refractivity contribution < 1.29 is 9.21 Å².